The minimum absolute atomic E-state index is 0.125. The number of hydrogen-bond acceptors (Lipinski definition) is 6. The van der Waals surface area contributed by atoms with Gasteiger partial charge in [0.2, 0.25) is 0 Å². The molecular weight excluding hydrogens is 794 g/mol. The summed E-state index contributed by atoms with van der Waals surface area (Å²) < 4.78 is 14.0. The predicted octanol–water partition coefficient (Wildman–Crippen LogP) is 10.7. The van der Waals surface area contributed by atoms with Gasteiger partial charge in [0, 0.05) is 40.2 Å². The zero-order chi connectivity index (χ0) is 43.4. The minimum atomic E-state index is -0.168. The summed E-state index contributed by atoms with van der Waals surface area (Å²) in [6, 6.07) is 71.3. The Balaban J connectivity index is 1.14. The van der Waals surface area contributed by atoms with Crippen LogP contribution in [0.3, 0.4) is 0 Å². The summed E-state index contributed by atoms with van der Waals surface area (Å²) in [6.07, 6.45) is 0. The van der Waals surface area contributed by atoms with Gasteiger partial charge < -0.3 is 14.4 Å². The second-order valence-corrected chi connectivity index (χ2v) is 18.3. The Morgan fingerprint density at radius 1 is 0.415 bits per heavy atom. The maximum absolute atomic E-state index is 7.07. The van der Waals surface area contributed by atoms with Gasteiger partial charge in [0.05, 0.1) is 5.69 Å². The quantitative estimate of drug-likeness (QED) is 0.161. The second kappa shape index (κ2) is 14.3. The first-order valence-electron chi connectivity index (χ1n) is 22.4. The van der Waals surface area contributed by atoms with Crippen LogP contribution in [0.4, 0.5) is 51.4 Å². The van der Waals surface area contributed by atoms with Gasteiger partial charge in [-0.1, -0.05) is 136 Å². The Bertz CT molecular complexity index is 3300. The number of anilines is 9. The highest BCUT2D eigenvalue weighted by Gasteiger charge is 2.48. The van der Waals surface area contributed by atoms with Crippen molar-refractivity contribution >= 4 is 97.6 Å². The average Bonchev–Trinajstić information content (AvgIpc) is 3.34. The minimum Gasteiger partial charge on any atom is -0.458 e. The SMILES string of the molecule is CC(C)(C)c1cc2c3c(c1)N(c1ccccc1)c1nc4c(cc1B3c1ccccc1O2)B1c2ccccc2Oc2cc(N(c3ccccc3)c3ccccc3)cc(c21)N4c1ccccc1. The largest absolute Gasteiger partial charge is 0.458 e. The van der Waals surface area contributed by atoms with Gasteiger partial charge in [-0.3, -0.25) is 9.80 Å². The Kier molecular flexibility index (Phi) is 8.26. The van der Waals surface area contributed by atoms with Crippen molar-refractivity contribution in [3.8, 4) is 23.0 Å². The van der Waals surface area contributed by atoms with Crippen LogP contribution < -0.4 is 57.0 Å². The van der Waals surface area contributed by atoms with Crippen LogP contribution in [0.1, 0.15) is 26.3 Å². The highest BCUT2D eigenvalue weighted by atomic mass is 16.5. The number of aromatic nitrogens is 1. The van der Waals surface area contributed by atoms with E-state index in [9.17, 15) is 0 Å². The van der Waals surface area contributed by atoms with Crippen LogP contribution in [-0.2, 0) is 5.41 Å². The Labute approximate surface area is 380 Å². The third kappa shape index (κ3) is 5.80. The van der Waals surface area contributed by atoms with Crippen LogP contribution in [0.2, 0.25) is 0 Å². The van der Waals surface area contributed by atoms with Crippen LogP contribution >= 0.6 is 0 Å². The fraction of sp³-hybridized carbons (Fsp3) is 0.0702. The van der Waals surface area contributed by atoms with Gasteiger partial charge in [0.1, 0.15) is 34.6 Å². The molecule has 0 fully saturated rings. The van der Waals surface area contributed by atoms with Crippen LogP contribution in [0.25, 0.3) is 0 Å². The van der Waals surface area contributed by atoms with E-state index in [1.165, 1.54) is 5.56 Å². The molecule has 8 heteroatoms. The Morgan fingerprint density at radius 3 is 1.34 bits per heavy atom. The van der Waals surface area contributed by atoms with Gasteiger partial charge in [-0.05, 0) is 123 Å². The molecule has 4 aliphatic heterocycles. The van der Waals surface area contributed by atoms with Gasteiger partial charge in [-0.15, -0.1) is 0 Å². The molecule has 0 bridgehead atoms. The maximum atomic E-state index is 7.07. The molecule has 0 atom stereocenters. The van der Waals surface area contributed by atoms with E-state index in [2.05, 4.69) is 236 Å². The smallest absolute Gasteiger partial charge is 0.258 e. The van der Waals surface area contributed by atoms with Crippen molar-refractivity contribution in [2.75, 3.05) is 14.7 Å². The fourth-order valence-electron chi connectivity index (χ4n) is 10.5. The Morgan fingerprint density at radius 2 is 0.846 bits per heavy atom. The highest BCUT2D eigenvalue weighted by Crippen LogP contribution is 2.48. The lowest BCUT2D eigenvalue weighted by Gasteiger charge is -2.44. The summed E-state index contributed by atoms with van der Waals surface area (Å²) in [5.41, 5.74) is 15.1. The molecule has 0 radical (unpaired) electrons. The molecule has 0 N–H and O–H groups in total. The number of rotatable bonds is 5. The van der Waals surface area contributed by atoms with E-state index in [4.69, 9.17) is 14.5 Å². The van der Waals surface area contributed by atoms with Crippen molar-refractivity contribution in [3.63, 3.8) is 0 Å². The molecule has 0 spiro atoms. The summed E-state index contributed by atoms with van der Waals surface area (Å²) in [5, 5.41) is 0. The van der Waals surface area contributed by atoms with E-state index in [1.54, 1.807) is 0 Å². The summed E-state index contributed by atoms with van der Waals surface area (Å²) in [4.78, 5) is 13.1. The highest BCUT2D eigenvalue weighted by molar-refractivity contribution is 7.02. The monoisotopic (exact) mass is 836 g/mol. The number of fused-ring (bicyclic) bond motifs is 8. The molecule has 0 amide bonds. The van der Waals surface area contributed by atoms with Crippen LogP contribution in [-0.4, -0.2) is 18.4 Å². The molecule has 1 aromatic heterocycles. The number of pyridine rings is 1. The third-order valence-corrected chi connectivity index (χ3v) is 13.5. The molecule has 9 aromatic rings. The number of benzene rings is 8. The lowest BCUT2D eigenvalue weighted by molar-refractivity contribution is 0.483. The summed E-state index contributed by atoms with van der Waals surface area (Å²) in [7, 11) is 0. The van der Waals surface area contributed by atoms with E-state index >= 15 is 0 Å². The van der Waals surface area contributed by atoms with Crippen molar-refractivity contribution in [1.29, 1.82) is 0 Å². The van der Waals surface area contributed by atoms with Crippen molar-refractivity contribution in [1.82, 2.24) is 4.98 Å². The lowest BCUT2D eigenvalue weighted by Crippen LogP contribution is -2.64. The molecule has 0 aliphatic carbocycles. The van der Waals surface area contributed by atoms with Gasteiger partial charge in [0.25, 0.3) is 13.4 Å². The van der Waals surface area contributed by atoms with E-state index in [1.807, 2.05) is 0 Å². The van der Waals surface area contributed by atoms with Gasteiger partial charge in [-0.2, -0.15) is 0 Å². The molecular formula is C57H42B2N4O2. The molecule has 65 heavy (non-hydrogen) atoms. The third-order valence-electron chi connectivity index (χ3n) is 13.5. The van der Waals surface area contributed by atoms with Crippen molar-refractivity contribution in [2.24, 2.45) is 0 Å². The van der Waals surface area contributed by atoms with Crippen LogP contribution in [0.15, 0.2) is 200 Å². The molecule has 0 saturated carbocycles. The topological polar surface area (TPSA) is 41.1 Å². The predicted molar refractivity (Wildman–Crippen MR) is 269 cm³/mol. The number of nitrogens with zero attached hydrogens (tertiary/aromatic N) is 4. The molecule has 13 rings (SSSR count). The zero-order valence-corrected chi connectivity index (χ0v) is 36.3. The van der Waals surface area contributed by atoms with Crippen molar-refractivity contribution in [3.05, 3.63) is 206 Å². The first kappa shape index (κ1) is 37.6. The first-order valence-corrected chi connectivity index (χ1v) is 22.4. The zero-order valence-electron chi connectivity index (χ0n) is 36.3. The standard InChI is InChI=1S/C57H42B2N4O2/c1-57(2,3)37-32-47-53-51(33-37)64-49-30-18-16-28-43(49)58(53)45-36-46-56(60-55(45)62(47)40-24-12-6-13-25-40)63(41-26-14-7-15-27-41)48-34-42(35-52-54(48)59(46)44-29-17-19-31-50(44)65-52)61(38-20-8-4-9-21-38)39-22-10-5-11-23-39/h4-36H,1-3H3. The molecule has 4 aliphatic rings. The number of hydrogen-bond donors (Lipinski definition) is 0. The number of ether oxygens (including phenoxy) is 2. The van der Waals surface area contributed by atoms with E-state index in [0.29, 0.717) is 0 Å². The van der Waals surface area contributed by atoms with Crippen LogP contribution in [0, 0.1) is 0 Å². The van der Waals surface area contributed by atoms with Gasteiger partial charge in [-0.25, -0.2) is 4.98 Å². The lowest BCUT2D eigenvalue weighted by atomic mass is 9.31. The van der Waals surface area contributed by atoms with E-state index in [-0.39, 0.29) is 18.8 Å². The summed E-state index contributed by atoms with van der Waals surface area (Å²) in [5.74, 6) is 5.23. The van der Waals surface area contributed by atoms with E-state index in [0.717, 1.165) is 107 Å². The molecule has 308 valence electrons. The van der Waals surface area contributed by atoms with Crippen LogP contribution in [0.5, 0.6) is 23.0 Å². The van der Waals surface area contributed by atoms with Gasteiger partial charge in [0.15, 0.2) is 0 Å². The van der Waals surface area contributed by atoms with E-state index < -0.39 is 0 Å². The summed E-state index contributed by atoms with van der Waals surface area (Å²) in [6.45, 7) is 6.52. The molecule has 5 heterocycles. The second-order valence-electron chi connectivity index (χ2n) is 18.3. The van der Waals surface area contributed by atoms with Crippen molar-refractivity contribution in [2.45, 2.75) is 26.2 Å². The number of para-hydroxylation sites is 6. The molecule has 0 saturated heterocycles. The average molecular weight is 837 g/mol. The van der Waals surface area contributed by atoms with Crippen molar-refractivity contribution < 1.29 is 9.47 Å². The molecule has 6 nitrogen and oxygen atoms in total. The Hall–Kier alpha value is -7.96. The normalized spacial score (nSPS) is 13.6. The fourth-order valence-corrected chi connectivity index (χ4v) is 10.5. The molecule has 8 aromatic carbocycles. The van der Waals surface area contributed by atoms with Gasteiger partial charge >= 0.3 is 0 Å². The first-order chi connectivity index (χ1) is 31.9. The molecule has 0 unspecified atom stereocenters. The maximum Gasteiger partial charge on any atom is 0.258 e. The summed E-state index contributed by atoms with van der Waals surface area (Å²) >= 11 is 0.